The van der Waals surface area contributed by atoms with Gasteiger partial charge in [0.15, 0.2) is 17.7 Å². The Kier molecular flexibility index (Phi) is 5.24. The number of nitrogens with one attached hydrogen (secondary N) is 1. The zero-order chi connectivity index (χ0) is 22.3. The van der Waals surface area contributed by atoms with Gasteiger partial charge in [0.1, 0.15) is 30.2 Å². The topological polar surface area (TPSA) is 148 Å². The van der Waals surface area contributed by atoms with Crippen molar-refractivity contribution in [3.05, 3.63) is 48.0 Å². The van der Waals surface area contributed by atoms with E-state index in [0.717, 1.165) is 12.1 Å². The molecule has 4 rings (SSSR count). The van der Waals surface area contributed by atoms with Crippen LogP contribution in [0.25, 0.3) is 11.2 Å². The number of aromatic nitrogens is 4. The first-order valence-corrected chi connectivity index (χ1v) is 9.07. The number of imidazole rings is 1. The molecule has 10 nitrogen and oxygen atoms in total. The Morgan fingerprint density at radius 2 is 1.94 bits per heavy atom. The van der Waals surface area contributed by atoms with Crippen LogP contribution in [0.3, 0.4) is 0 Å². The Morgan fingerprint density at radius 1 is 1.19 bits per heavy atom. The van der Waals surface area contributed by atoms with Crippen molar-refractivity contribution < 1.29 is 32.9 Å². The lowest BCUT2D eigenvalue weighted by Crippen LogP contribution is -2.40. The van der Waals surface area contributed by atoms with Crippen LogP contribution in [0, 0.1) is 0 Å². The number of anilines is 1. The van der Waals surface area contributed by atoms with E-state index in [0.29, 0.717) is 0 Å². The van der Waals surface area contributed by atoms with E-state index in [1.165, 1.54) is 29.4 Å². The first-order chi connectivity index (χ1) is 14.7. The molecule has 2 aromatic heterocycles. The highest BCUT2D eigenvalue weighted by molar-refractivity contribution is 5.95. The fourth-order valence-corrected chi connectivity index (χ4v) is 3.40. The molecule has 1 amide bonds. The molecule has 3 aromatic rings. The van der Waals surface area contributed by atoms with Gasteiger partial charge in [-0.3, -0.25) is 9.36 Å². The number of aliphatic hydroxyl groups excluding tert-OH is 2. The number of ether oxygens (including phenoxy) is 1. The number of nitrogens with two attached hydrogens (primary N) is 1. The van der Waals surface area contributed by atoms with Gasteiger partial charge in [0, 0.05) is 6.54 Å². The smallest absolute Gasteiger partial charge is 0.387 e. The summed E-state index contributed by atoms with van der Waals surface area (Å²) >= 11 is 0. The molecule has 164 valence electrons. The molecule has 0 spiro atoms. The van der Waals surface area contributed by atoms with Crippen LogP contribution in [0.5, 0.6) is 0 Å². The van der Waals surface area contributed by atoms with Gasteiger partial charge in [0.2, 0.25) is 0 Å². The van der Waals surface area contributed by atoms with Crippen LogP contribution in [0.15, 0.2) is 36.9 Å². The number of benzene rings is 1. The van der Waals surface area contributed by atoms with E-state index < -0.39 is 47.8 Å². The second-order valence-corrected chi connectivity index (χ2v) is 6.88. The highest BCUT2D eigenvalue weighted by Crippen LogP contribution is 2.33. The summed E-state index contributed by atoms with van der Waals surface area (Å²) in [7, 11) is 0. The zero-order valence-corrected chi connectivity index (χ0v) is 15.7. The number of hydrogen-bond acceptors (Lipinski definition) is 8. The van der Waals surface area contributed by atoms with Gasteiger partial charge in [-0.05, 0) is 12.1 Å². The van der Waals surface area contributed by atoms with Crippen LogP contribution in [-0.4, -0.2) is 60.5 Å². The van der Waals surface area contributed by atoms with Crippen LogP contribution in [-0.2, 0) is 10.9 Å². The Labute approximate surface area is 172 Å². The molecule has 1 aliphatic rings. The molecule has 0 bridgehead atoms. The minimum absolute atomic E-state index is 0.115. The standard InChI is InChI=1S/C18H17F3N6O4/c19-18(20,21)9-4-2-1-3-8(9)16(30)23-5-10-12(28)13(29)17(31-10)27-7-26-11-14(22)24-6-25-15(11)27/h1-4,6-7,10,12-13,17,28-29H,5H2,(H,23,30)(H2,22,24,25). The molecule has 0 radical (unpaired) electrons. The largest absolute Gasteiger partial charge is 0.417 e. The molecular formula is C18H17F3N6O4. The highest BCUT2D eigenvalue weighted by Gasteiger charge is 2.44. The minimum Gasteiger partial charge on any atom is -0.387 e. The fourth-order valence-electron chi connectivity index (χ4n) is 3.40. The fraction of sp³-hybridized carbons (Fsp3) is 0.333. The quantitative estimate of drug-likeness (QED) is 0.460. The van der Waals surface area contributed by atoms with Crippen LogP contribution in [0.1, 0.15) is 22.1 Å². The molecule has 13 heteroatoms. The molecule has 4 atom stereocenters. The molecule has 1 aromatic carbocycles. The van der Waals surface area contributed by atoms with Gasteiger partial charge >= 0.3 is 6.18 Å². The van der Waals surface area contributed by atoms with Gasteiger partial charge in [-0.15, -0.1) is 0 Å². The molecule has 5 N–H and O–H groups in total. The van der Waals surface area contributed by atoms with Crippen LogP contribution >= 0.6 is 0 Å². The Morgan fingerprint density at radius 3 is 2.68 bits per heavy atom. The number of carbonyl (C=O) groups is 1. The van der Waals surface area contributed by atoms with E-state index in [1.54, 1.807) is 0 Å². The van der Waals surface area contributed by atoms with Crippen molar-refractivity contribution in [2.45, 2.75) is 30.7 Å². The summed E-state index contributed by atoms with van der Waals surface area (Å²) < 4.78 is 46.4. The van der Waals surface area contributed by atoms with E-state index in [2.05, 4.69) is 20.3 Å². The molecule has 0 aliphatic carbocycles. The van der Waals surface area contributed by atoms with Crippen molar-refractivity contribution in [3.8, 4) is 0 Å². The van der Waals surface area contributed by atoms with Gasteiger partial charge < -0.3 is 26.0 Å². The summed E-state index contributed by atoms with van der Waals surface area (Å²) in [6.45, 7) is -0.344. The number of carbonyl (C=O) groups excluding carboxylic acids is 1. The molecule has 1 saturated heterocycles. The van der Waals surface area contributed by atoms with Crippen molar-refractivity contribution >= 4 is 22.9 Å². The van der Waals surface area contributed by atoms with Gasteiger partial charge in [0.25, 0.3) is 5.91 Å². The summed E-state index contributed by atoms with van der Waals surface area (Å²) in [5.41, 5.74) is 4.61. The van der Waals surface area contributed by atoms with Crippen molar-refractivity contribution in [3.63, 3.8) is 0 Å². The van der Waals surface area contributed by atoms with Crippen molar-refractivity contribution in [2.24, 2.45) is 0 Å². The molecule has 3 heterocycles. The van der Waals surface area contributed by atoms with Gasteiger partial charge in [-0.25, -0.2) is 15.0 Å². The SMILES string of the molecule is Nc1ncnc2c1ncn2C1OC(CNC(=O)c2ccccc2C(F)(F)F)C(O)C1O. The van der Waals surface area contributed by atoms with E-state index in [4.69, 9.17) is 10.5 Å². The van der Waals surface area contributed by atoms with Crippen molar-refractivity contribution in [1.82, 2.24) is 24.8 Å². The lowest BCUT2D eigenvalue weighted by Gasteiger charge is -2.17. The summed E-state index contributed by atoms with van der Waals surface area (Å²) in [5.74, 6) is -0.876. The number of nitrogen functional groups attached to an aromatic ring is 1. The van der Waals surface area contributed by atoms with E-state index in [9.17, 15) is 28.2 Å². The van der Waals surface area contributed by atoms with Crippen LogP contribution in [0.2, 0.25) is 0 Å². The molecule has 31 heavy (non-hydrogen) atoms. The normalized spacial score (nSPS) is 23.9. The summed E-state index contributed by atoms with van der Waals surface area (Å²) in [5, 5.41) is 23.0. The third-order valence-electron chi connectivity index (χ3n) is 4.94. The number of hydrogen-bond donors (Lipinski definition) is 4. The number of fused-ring (bicyclic) bond motifs is 1. The van der Waals surface area contributed by atoms with Crippen LogP contribution in [0.4, 0.5) is 19.0 Å². The molecular weight excluding hydrogens is 421 g/mol. The number of halogens is 3. The van der Waals surface area contributed by atoms with Crippen LogP contribution < -0.4 is 11.1 Å². The Hall–Kier alpha value is -3.29. The first-order valence-electron chi connectivity index (χ1n) is 9.07. The third kappa shape index (κ3) is 3.78. The maximum absolute atomic E-state index is 13.1. The van der Waals surface area contributed by atoms with Crippen molar-refractivity contribution in [2.75, 3.05) is 12.3 Å². The number of alkyl halides is 3. The predicted molar refractivity (Wildman–Crippen MR) is 99.4 cm³/mol. The minimum atomic E-state index is -4.70. The number of nitrogens with zero attached hydrogens (tertiary/aromatic N) is 4. The number of amides is 1. The Bertz CT molecular complexity index is 1120. The second kappa shape index (κ2) is 7.76. The Balaban J connectivity index is 1.50. The molecule has 4 unspecified atom stereocenters. The lowest BCUT2D eigenvalue weighted by atomic mass is 10.1. The average molecular weight is 438 g/mol. The monoisotopic (exact) mass is 438 g/mol. The second-order valence-electron chi connectivity index (χ2n) is 6.88. The lowest BCUT2D eigenvalue weighted by molar-refractivity contribution is -0.137. The van der Waals surface area contributed by atoms with Crippen molar-refractivity contribution in [1.29, 1.82) is 0 Å². The van der Waals surface area contributed by atoms with Gasteiger partial charge in [-0.2, -0.15) is 13.2 Å². The van der Waals surface area contributed by atoms with E-state index in [1.807, 2.05) is 0 Å². The van der Waals surface area contributed by atoms with Gasteiger partial charge in [-0.1, -0.05) is 12.1 Å². The molecule has 0 saturated carbocycles. The van der Waals surface area contributed by atoms with Gasteiger partial charge in [0.05, 0.1) is 17.5 Å². The van der Waals surface area contributed by atoms with E-state index in [-0.39, 0.29) is 23.5 Å². The molecule has 1 fully saturated rings. The summed E-state index contributed by atoms with van der Waals surface area (Å²) in [6.07, 6.45) is -7.26. The maximum atomic E-state index is 13.1. The highest BCUT2D eigenvalue weighted by atomic mass is 19.4. The summed E-state index contributed by atoms with van der Waals surface area (Å²) in [6, 6.07) is 4.33. The maximum Gasteiger partial charge on any atom is 0.417 e. The third-order valence-corrected chi connectivity index (χ3v) is 4.94. The molecule has 1 aliphatic heterocycles. The number of rotatable bonds is 4. The zero-order valence-electron chi connectivity index (χ0n) is 15.7. The first kappa shape index (κ1) is 21.0. The predicted octanol–water partition coefficient (Wildman–Crippen LogP) is 0.476. The number of aliphatic hydroxyl groups is 2. The summed E-state index contributed by atoms with van der Waals surface area (Å²) in [4.78, 5) is 24.2. The average Bonchev–Trinajstić information content (AvgIpc) is 3.28. The van der Waals surface area contributed by atoms with E-state index >= 15 is 0 Å².